The van der Waals surface area contributed by atoms with E-state index in [1.165, 1.54) is 0 Å². The Balaban J connectivity index is 1.40. The number of H-pyrrole nitrogens is 1. The molecule has 2 heterocycles. The second kappa shape index (κ2) is 8.39. The van der Waals surface area contributed by atoms with E-state index in [4.69, 9.17) is 0 Å². The van der Waals surface area contributed by atoms with Crippen LogP contribution < -0.4 is 16.0 Å². The molecule has 2 aromatic heterocycles. The smallest absolute Gasteiger partial charge is 0.308 e. The molecule has 4 rings (SSSR count). The maximum absolute atomic E-state index is 12.1. The molecule has 0 aliphatic heterocycles. The molecule has 9 heteroatoms. The van der Waals surface area contributed by atoms with Gasteiger partial charge in [0.25, 0.3) is 0 Å². The van der Waals surface area contributed by atoms with Crippen LogP contribution in [0.25, 0.3) is 11.4 Å². The van der Waals surface area contributed by atoms with Crippen molar-refractivity contribution in [3.63, 3.8) is 0 Å². The normalized spacial score (nSPS) is 10.5. The lowest BCUT2D eigenvalue weighted by Crippen LogP contribution is -2.19. The van der Waals surface area contributed by atoms with Crippen molar-refractivity contribution in [1.82, 2.24) is 25.1 Å². The molecule has 0 saturated carbocycles. The van der Waals surface area contributed by atoms with E-state index in [-0.39, 0.29) is 6.03 Å². The lowest BCUT2D eigenvalue weighted by atomic mass is 10.2. The molecule has 0 atom stereocenters. The van der Waals surface area contributed by atoms with E-state index in [0.717, 1.165) is 22.6 Å². The number of rotatable bonds is 5. The summed E-state index contributed by atoms with van der Waals surface area (Å²) in [5.74, 6) is 1.41. The Bertz CT molecular complexity index is 1140. The number of nitrogens with one attached hydrogen (secondary N) is 4. The minimum Gasteiger partial charge on any atom is -0.308 e. The molecule has 150 valence electrons. The number of hydrogen-bond donors (Lipinski definition) is 4. The predicted octanol–water partition coefficient (Wildman–Crippen LogP) is 4.27. The van der Waals surface area contributed by atoms with Gasteiger partial charge >= 0.3 is 6.03 Å². The number of para-hydroxylation sites is 1. The van der Waals surface area contributed by atoms with Crippen LogP contribution in [0.5, 0.6) is 0 Å². The first kappa shape index (κ1) is 19.1. The average Bonchev–Trinajstić information content (AvgIpc) is 3.17. The van der Waals surface area contributed by atoms with Crippen molar-refractivity contribution in [2.75, 3.05) is 16.0 Å². The van der Waals surface area contributed by atoms with Gasteiger partial charge in [-0.25, -0.2) is 14.8 Å². The molecule has 0 bridgehead atoms. The van der Waals surface area contributed by atoms with Crippen molar-refractivity contribution in [1.29, 1.82) is 0 Å². The van der Waals surface area contributed by atoms with Gasteiger partial charge in [0.2, 0.25) is 11.9 Å². The van der Waals surface area contributed by atoms with E-state index in [0.29, 0.717) is 23.4 Å². The maximum Gasteiger partial charge on any atom is 0.323 e. The third-order valence-electron chi connectivity index (χ3n) is 4.14. The average molecular weight is 400 g/mol. The van der Waals surface area contributed by atoms with Crippen LogP contribution in [0, 0.1) is 13.8 Å². The highest BCUT2D eigenvalue weighted by atomic mass is 16.2. The zero-order valence-corrected chi connectivity index (χ0v) is 16.5. The van der Waals surface area contributed by atoms with Crippen LogP contribution >= 0.6 is 0 Å². The number of carbonyl (C=O) groups is 1. The minimum absolute atomic E-state index is 0.312. The number of amides is 2. The first-order chi connectivity index (χ1) is 14.5. The SMILES string of the molecule is Cc1cc(C)nc(Nc2n[nH]c(-c3ccc(NC(=O)Nc4ccccc4)cc3)n2)n1. The molecule has 0 aliphatic rings. The Morgan fingerprint density at radius 2 is 1.43 bits per heavy atom. The fourth-order valence-electron chi connectivity index (χ4n) is 2.86. The van der Waals surface area contributed by atoms with E-state index >= 15 is 0 Å². The summed E-state index contributed by atoms with van der Waals surface area (Å²) in [7, 11) is 0. The number of aromatic amines is 1. The summed E-state index contributed by atoms with van der Waals surface area (Å²) in [4.78, 5) is 25.2. The molecular formula is C21H20N8O. The second-order valence-electron chi connectivity index (χ2n) is 6.63. The van der Waals surface area contributed by atoms with Gasteiger partial charge in [0.15, 0.2) is 5.82 Å². The molecule has 0 unspecified atom stereocenters. The number of nitrogens with zero attached hydrogens (tertiary/aromatic N) is 4. The molecule has 4 N–H and O–H groups in total. The number of benzene rings is 2. The van der Waals surface area contributed by atoms with Gasteiger partial charge < -0.3 is 10.6 Å². The Labute approximate surface area is 173 Å². The largest absolute Gasteiger partial charge is 0.323 e. The van der Waals surface area contributed by atoms with Crippen molar-refractivity contribution in [2.45, 2.75) is 13.8 Å². The zero-order valence-electron chi connectivity index (χ0n) is 16.5. The van der Waals surface area contributed by atoms with E-state index in [1.54, 1.807) is 12.1 Å². The van der Waals surface area contributed by atoms with Gasteiger partial charge in [-0.3, -0.25) is 10.4 Å². The summed E-state index contributed by atoms with van der Waals surface area (Å²) in [6, 6.07) is 18.1. The van der Waals surface area contributed by atoms with Crippen LogP contribution in [-0.2, 0) is 0 Å². The van der Waals surface area contributed by atoms with Crippen LogP contribution in [0.15, 0.2) is 60.7 Å². The second-order valence-corrected chi connectivity index (χ2v) is 6.63. The molecule has 0 fully saturated rings. The van der Waals surface area contributed by atoms with Crippen LogP contribution in [0.1, 0.15) is 11.4 Å². The first-order valence-corrected chi connectivity index (χ1v) is 9.30. The van der Waals surface area contributed by atoms with Gasteiger partial charge in [-0.05, 0) is 56.3 Å². The third kappa shape index (κ3) is 4.76. The predicted molar refractivity (Wildman–Crippen MR) is 116 cm³/mol. The fourth-order valence-corrected chi connectivity index (χ4v) is 2.86. The molecule has 2 amide bonds. The first-order valence-electron chi connectivity index (χ1n) is 9.30. The van der Waals surface area contributed by atoms with Gasteiger partial charge in [-0.15, -0.1) is 5.10 Å². The summed E-state index contributed by atoms with van der Waals surface area (Å²) in [5, 5.41) is 15.6. The summed E-state index contributed by atoms with van der Waals surface area (Å²) >= 11 is 0. The van der Waals surface area contributed by atoms with Crippen molar-refractivity contribution in [2.24, 2.45) is 0 Å². The van der Waals surface area contributed by atoms with Crippen LogP contribution in [0.4, 0.5) is 28.1 Å². The molecule has 0 saturated heterocycles. The number of anilines is 4. The van der Waals surface area contributed by atoms with Crippen molar-refractivity contribution in [3.8, 4) is 11.4 Å². The third-order valence-corrected chi connectivity index (χ3v) is 4.14. The van der Waals surface area contributed by atoms with Gasteiger partial charge in [-0.2, -0.15) is 4.98 Å². The summed E-state index contributed by atoms with van der Waals surface area (Å²) < 4.78 is 0. The van der Waals surface area contributed by atoms with E-state index < -0.39 is 0 Å². The van der Waals surface area contributed by atoms with Gasteiger partial charge in [0.1, 0.15) is 0 Å². The molecule has 30 heavy (non-hydrogen) atoms. The Morgan fingerprint density at radius 1 is 0.800 bits per heavy atom. The summed E-state index contributed by atoms with van der Waals surface area (Å²) in [6.45, 7) is 3.80. The molecule has 2 aromatic carbocycles. The van der Waals surface area contributed by atoms with E-state index in [2.05, 4.69) is 41.1 Å². The lowest BCUT2D eigenvalue weighted by Gasteiger charge is -2.07. The standard InChI is InChI=1S/C21H20N8O/c1-13-12-14(2)23-19(22-13)27-20-26-18(28-29-20)15-8-10-17(11-9-15)25-21(30)24-16-6-4-3-5-7-16/h3-12H,1-2H3,(H2,24,25,30)(H2,22,23,26,27,28,29). The summed E-state index contributed by atoms with van der Waals surface area (Å²) in [6.07, 6.45) is 0. The number of hydrogen-bond acceptors (Lipinski definition) is 6. The number of aromatic nitrogens is 5. The van der Waals surface area contributed by atoms with Gasteiger partial charge in [0, 0.05) is 28.3 Å². The van der Waals surface area contributed by atoms with Gasteiger partial charge in [-0.1, -0.05) is 18.2 Å². The molecule has 4 aromatic rings. The minimum atomic E-state index is -0.312. The topological polar surface area (TPSA) is 121 Å². The van der Waals surface area contributed by atoms with E-state index in [9.17, 15) is 4.79 Å². The number of carbonyl (C=O) groups excluding carboxylic acids is 1. The molecule has 9 nitrogen and oxygen atoms in total. The molecular weight excluding hydrogens is 380 g/mol. The molecule has 0 spiro atoms. The molecule has 0 radical (unpaired) electrons. The number of urea groups is 1. The molecule has 0 aliphatic carbocycles. The number of aryl methyl sites for hydroxylation is 2. The van der Waals surface area contributed by atoms with Crippen molar-refractivity contribution in [3.05, 3.63) is 72.1 Å². The monoisotopic (exact) mass is 400 g/mol. The maximum atomic E-state index is 12.1. The highest BCUT2D eigenvalue weighted by Gasteiger charge is 2.09. The summed E-state index contributed by atoms with van der Waals surface area (Å²) in [5.41, 5.74) is 3.93. The quantitative estimate of drug-likeness (QED) is 0.397. The highest BCUT2D eigenvalue weighted by molar-refractivity contribution is 5.99. The fraction of sp³-hybridized carbons (Fsp3) is 0.0952. The van der Waals surface area contributed by atoms with Crippen LogP contribution in [0.2, 0.25) is 0 Å². The van der Waals surface area contributed by atoms with E-state index in [1.807, 2.05) is 62.4 Å². The highest BCUT2D eigenvalue weighted by Crippen LogP contribution is 2.20. The van der Waals surface area contributed by atoms with Crippen LogP contribution in [0.3, 0.4) is 0 Å². The Hall–Kier alpha value is -4.27. The Kier molecular flexibility index (Phi) is 5.33. The lowest BCUT2D eigenvalue weighted by molar-refractivity contribution is 0.262. The zero-order chi connectivity index (χ0) is 20.9. The van der Waals surface area contributed by atoms with Crippen LogP contribution in [-0.4, -0.2) is 31.2 Å². The Morgan fingerprint density at radius 3 is 2.10 bits per heavy atom. The van der Waals surface area contributed by atoms with Crippen molar-refractivity contribution >= 4 is 29.3 Å². The van der Waals surface area contributed by atoms with Gasteiger partial charge in [0.05, 0.1) is 0 Å². The van der Waals surface area contributed by atoms with Crippen molar-refractivity contribution < 1.29 is 4.79 Å².